The topological polar surface area (TPSA) is 12.0 Å². The van der Waals surface area contributed by atoms with Gasteiger partial charge in [-0.2, -0.15) is 11.8 Å². The molecule has 0 saturated carbocycles. The van der Waals surface area contributed by atoms with Crippen LogP contribution in [0.1, 0.15) is 4.88 Å². The van der Waals surface area contributed by atoms with Crippen LogP contribution in [0.2, 0.25) is 4.34 Å². The summed E-state index contributed by atoms with van der Waals surface area (Å²) >= 11 is 12.8. The monoisotopic (exact) mass is 299 g/mol. The minimum atomic E-state index is 0.835. The molecule has 0 saturated heterocycles. The van der Waals surface area contributed by atoms with Crippen LogP contribution in [0.3, 0.4) is 0 Å². The lowest BCUT2D eigenvalue weighted by atomic mass is 10.4. The van der Waals surface area contributed by atoms with Crippen LogP contribution in [0.4, 0.5) is 0 Å². The fraction of sp³-hybridized carbons (Fsp3) is 0.500. The summed E-state index contributed by atoms with van der Waals surface area (Å²) in [6.45, 7) is 1.96. The van der Waals surface area contributed by atoms with E-state index in [1.807, 2.05) is 11.8 Å². The molecule has 0 unspecified atom stereocenters. The lowest BCUT2D eigenvalue weighted by Crippen LogP contribution is -2.15. The minimum Gasteiger partial charge on any atom is -0.311 e. The summed E-state index contributed by atoms with van der Waals surface area (Å²) in [7, 11) is 0. The van der Waals surface area contributed by atoms with Crippen molar-refractivity contribution in [1.29, 1.82) is 0 Å². The van der Waals surface area contributed by atoms with Crippen molar-refractivity contribution in [2.24, 2.45) is 0 Å². The van der Waals surface area contributed by atoms with Crippen molar-refractivity contribution in [3.63, 3.8) is 0 Å². The van der Waals surface area contributed by atoms with Gasteiger partial charge < -0.3 is 5.32 Å². The third kappa shape index (κ3) is 4.21. The SMILES string of the molecule is CSCCNCc1cc(Br)c(Cl)s1. The molecule has 1 N–H and O–H groups in total. The summed E-state index contributed by atoms with van der Waals surface area (Å²) in [5.41, 5.74) is 0. The van der Waals surface area contributed by atoms with E-state index < -0.39 is 0 Å². The van der Waals surface area contributed by atoms with Crippen LogP contribution < -0.4 is 5.32 Å². The van der Waals surface area contributed by atoms with Crippen LogP contribution in [-0.4, -0.2) is 18.6 Å². The van der Waals surface area contributed by atoms with Crippen molar-refractivity contribution in [2.75, 3.05) is 18.6 Å². The van der Waals surface area contributed by atoms with E-state index in [-0.39, 0.29) is 0 Å². The Morgan fingerprint density at radius 3 is 3.00 bits per heavy atom. The van der Waals surface area contributed by atoms with Gasteiger partial charge in [0.05, 0.1) is 0 Å². The van der Waals surface area contributed by atoms with Gasteiger partial charge >= 0.3 is 0 Å². The van der Waals surface area contributed by atoms with Crippen LogP contribution in [0.5, 0.6) is 0 Å². The molecule has 0 bridgehead atoms. The third-order valence-electron chi connectivity index (χ3n) is 1.48. The van der Waals surface area contributed by atoms with E-state index in [0.29, 0.717) is 0 Å². The highest BCUT2D eigenvalue weighted by molar-refractivity contribution is 9.10. The molecule has 1 aromatic heterocycles. The first-order valence-corrected chi connectivity index (χ1v) is 7.25. The van der Waals surface area contributed by atoms with Crippen molar-refractivity contribution in [2.45, 2.75) is 6.54 Å². The second-order valence-corrected chi connectivity index (χ2v) is 6.08. The number of thioether (sulfide) groups is 1. The van der Waals surface area contributed by atoms with Crippen LogP contribution in [0.25, 0.3) is 0 Å². The Hall–Kier alpha value is 0.780. The van der Waals surface area contributed by atoms with Crippen LogP contribution in [-0.2, 0) is 6.54 Å². The minimum absolute atomic E-state index is 0.835. The summed E-state index contributed by atoms with van der Waals surface area (Å²) in [6, 6.07) is 2.07. The van der Waals surface area contributed by atoms with Gasteiger partial charge in [-0.05, 0) is 28.3 Å². The van der Waals surface area contributed by atoms with Gasteiger partial charge in [-0.25, -0.2) is 0 Å². The molecular weight excluding hydrogens is 290 g/mol. The molecule has 0 atom stereocenters. The van der Waals surface area contributed by atoms with Crippen LogP contribution >= 0.6 is 50.6 Å². The quantitative estimate of drug-likeness (QED) is 0.834. The molecule has 0 spiro atoms. The Kier molecular flexibility index (Phi) is 5.74. The zero-order valence-corrected chi connectivity index (χ0v) is 11.2. The molecule has 0 fully saturated rings. The van der Waals surface area contributed by atoms with Crippen molar-refractivity contribution < 1.29 is 0 Å². The normalized spacial score (nSPS) is 10.7. The summed E-state index contributed by atoms with van der Waals surface area (Å²) in [5.74, 6) is 1.15. The van der Waals surface area contributed by atoms with Crippen LogP contribution in [0.15, 0.2) is 10.5 Å². The van der Waals surface area contributed by atoms with E-state index in [4.69, 9.17) is 11.6 Å². The van der Waals surface area contributed by atoms with Gasteiger partial charge in [0.2, 0.25) is 0 Å². The number of hydrogen-bond acceptors (Lipinski definition) is 3. The summed E-state index contributed by atoms with van der Waals surface area (Å²) in [4.78, 5) is 1.28. The maximum Gasteiger partial charge on any atom is 0.107 e. The van der Waals surface area contributed by atoms with Gasteiger partial charge in [-0.1, -0.05) is 11.6 Å². The smallest absolute Gasteiger partial charge is 0.107 e. The van der Waals surface area contributed by atoms with Crippen molar-refractivity contribution >= 4 is 50.6 Å². The van der Waals surface area contributed by atoms with Gasteiger partial charge in [0, 0.05) is 28.2 Å². The number of rotatable bonds is 5. The molecule has 0 aliphatic carbocycles. The predicted molar refractivity (Wildman–Crippen MR) is 67.1 cm³/mol. The molecule has 0 radical (unpaired) electrons. The molecule has 1 rings (SSSR count). The molecule has 13 heavy (non-hydrogen) atoms. The zero-order chi connectivity index (χ0) is 9.68. The average Bonchev–Trinajstić information content (AvgIpc) is 2.41. The van der Waals surface area contributed by atoms with Gasteiger partial charge in [0.1, 0.15) is 4.34 Å². The maximum absolute atomic E-state index is 5.91. The van der Waals surface area contributed by atoms with Gasteiger partial charge in [-0.15, -0.1) is 11.3 Å². The van der Waals surface area contributed by atoms with E-state index in [1.54, 1.807) is 11.3 Å². The molecular formula is C8H11BrClNS2. The third-order valence-corrected chi connectivity index (χ3v) is 4.57. The lowest BCUT2D eigenvalue weighted by molar-refractivity contribution is 0.741. The Morgan fingerprint density at radius 1 is 1.69 bits per heavy atom. The van der Waals surface area contributed by atoms with Gasteiger partial charge in [0.15, 0.2) is 0 Å². The number of hydrogen-bond donors (Lipinski definition) is 1. The van der Waals surface area contributed by atoms with Crippen molar-refractivity contribution in [3.8, 4) is 0 Å². The summed E-state index contributed by atoms with van der Waals surface area (Å²) < 4.78 is 1.84. The molecule has 1 aromatic rings. The molecule has 74 valence electrons. The lowest BCUT2D eigenvalue weighted by Gasteiger charge is -1.99. The summed E-state index contributed by atoms with van der Waals surface area (Å²) in [6.07, 6.45) is 2.11. The Balaban J connectivity index is 2.29. The molecule has 0 aromatic carbocycles. The second-order valence-electron chi connectivity index (χ2n) is 2.50. The first-order valence-electron chi connectivity index (χ1n) is 3.87. The Labute approximate surface area is 100 Å². The van der Waals surface area contributed by atoms with Crippen LogP contribution in [0, 0.1) is 0 Å². The highest BCUT2D eigenvalue weighted by atomic mass is 79.9. The van der Waals surface area contributed by atoms with Gasteiger partial charge in [0.25, 0.3) is 0 Å². The van der Waals surface area contributed by atoms with Gasteiger partial charge in [-0.3, -0.25) is 0 Å². The van der Waals surface area contributed by atoms with E-state index in [1.165, 1.54) is 4.88 Å². The average molecular weight is 301 g/mol. The highest BCUT2D eigenvalue weighted by Gasteiger charge is 2.03. The molecule has 1 nitrogen and oxygen atoms in total. The first-order chi connectivity index (χ1) is 6.24. The Bertz CT molecular complexity index is 245. The first kappa shape index (κ1) is 11.9. The van der Waals surface area contributed by atoms with Crippen molar-refractivity contribution in [1.82, 2.24) is 5.32 Å². The van der Waals surface area contributed by atoms with Crippen molar-refractivity contribution in [3.05, 3.63) is 19.8 Å². The number of halogens is 2. The number of thiophene rings is 1. The largest absolute Gasteiger partial charge is 0.311 e. The fourth-order valence-electron chi connectivity index (χ4n) is 0.864. The predicted octanol–water partition coefficient (Wildman–Crippen LogP) is 3.62. The standard InChI is InChI=1S/C8H11BrClNS2/c1-12-3-2-11-5-6-4-7(9)8(10)13-6/h4,11H,2-3,5H2,1H3. The maximum atomic E-state index is 5.91. The highest BCUT2D eigenvalue weighted by Crippen LogP contribution is 2.31. The van der Waals surface area contributed by atoms with E-state index in [0.717, 1.165) is 27.7 Å². The fourth-order valence-corrected chi connectivity index (χ4v) is 2.97. The number of nitrogens with one attached hydrogen (secondary N) is 1. The molecule has 0 aliphatic heterocycles. The molecule has 1 heterocycles. The Morgan fingerprint density at radius 2 is 2.46 bits per heavy atom. The molecule has 0 aliphatic rings. The molecule has 0 amide bonds. The molecule has 5 heteroatoms. The second kappa shape index (κ2) is 6.30. The summed E-state index contributed by atoms with van der Waals surface area (Å²) in [5, 5.41) is 3.35. The van der Waals surface area contributed by atoms with E-state index >= 15 is 0 Å². The van der Waals surface area contributed by atoms with E-state index in [9.17, 15) is 0 Å². The zero-order valence-electron chi connectivity index (χ0n) is 7.27. The van der Waals surface area contributed by atoms with E-state index in [2.05, 4.69) is 33.6 Å².